The maximum absolute atomic E-state index is 13.8. The van der Waals surface area contributed by atoms with Crippen molar-refractivity contribution in [1.29, 1.82) is 0 Å². The number of nitrogens with zero attached hydrogens (tertiary/aromatic N) is 2. The molecule has 0 aromatic carbocycles. The van der Waals surface area contributed by atoms with Gasteiger partial charge < -0.3 is 4.74 Å². The molecule has 4 aliphatic carbocycles. The van der Waals surface area contributed by atoms with Crippen LogP contribution in [-0.2, 0) is 9.53 Å². The van der Waals surface area contributed by atoms with E-state index >= 15 is 0 Å². The third-order valence-electron chi connectivity index (χ3n) is 12.0. The highest BCUT2D eigenvalue weighted by molar-refractivity contribution is 5.84. The molecule has 0 spiro atoms. The number of hydrogen-bond donors (Lipinski definition) is 0. The second-order valence-corrected chi connectivity index (χ2v) is 13.7. The van der Waals surface area contributed by atoms with Gasteiger partial charge in [0.2, 0.25) is 0 Å². The Balaban J connectivity index is 1.27. The number of ketones is 1. The zero-order chi connectivity index (χ0) is 24.6. The van der Waals surface area contributed by atoms with Crippen LogP contribution in [0.25, 0.3) is 0 Å². The number of unbranched alkanes of at least 4 members (excludes halogenated alkanes) is 2. The number of fused-ring (bicyclic) bond motifs is 5. The summed E-state index contributed by atoms with van der Waals surface area (Å²) in [4.78, 5) is 13.8. The Morgan fingerprint density at radius 1 is 0.971 bits per heavy atom. The van der Waals surface area contributed by atoms with Crippen LogP contribution in [0.1, 0.15) is 104 Å². The molecule has 200 valence electrons. The minimum absolute atomic E-state index is 0.230. The van der Waals surface area contributed by atoms with E-state index in [-0.39, 0.29) is 11.3 Å². The fraction of sp³-hybridized carbons (Fsp3) is 0.968. The second kappa shape index (κ2) is 10.7. The molecule has 5 aliphatic rings. The Morgan fingerprint density at radius 2 is 1.80 bits per heavy atom. The molecule has 35 heavy (non-hydrogen) atoms. The summed E-state index contributed by atoms with van der Waals surface area (Å²) in [6, 6.07) is 0. The first-order valence-electron chi connectivity index (χ1n) is 15.4. The van der Waals surface area contributed by atoms with Crippen molar-refractivity contribution in [3.05, 3.63) is 0 Å². The zero-order valence-corrected chi connectivity index (χ0v) is 23.4. The van der Waals surface area contributed by atoms with E-state index in [9.17, 15) is 4.79 Å². The lowest BCUT2D eigenvalue weighted by atomic mass is 9.44. The fourth-order valence-electron chi connectivity index (χ4n) is 10.3. The molecule has 1 heterocycles. The van der Waals surface area contributed by atoms with Crippen LogP contribution < -0.4 is 0 Å². The highest BCUT2D eigenvalue weighted by Crippen LogP contribution is 2.68. The van der Waals surface area contributed by atoms with Gasteiger partial charge in [-0.15, -0.1) is 0 Å². The first-order chi connectivity index (χ1) is 16.9. The number of rotatable bonds is 9. The van der Waals surface area contributed by atoms with Gasteiger partial charge in [-0.05, 0) is 105 Å². The topological polar surface area (TPSA) is 32.8 Å². The summed E-state index contributed by atoms with van der Waals surface area (Å²) in [5.41, 5.74) is 0.649. The number of carbonyl (C=O) groups is 1. The monoisotopic (exact) mass is 486 g/mol. The summed E-state index contributed by atoms with van der Waals surface area (Å²) in [5.74, 6) is 5.00. The average molecular weight is 487 g/mol. The highest BCUT2D eigenvalue weighted by Gasteiger charge is 2.62. The van der Waals surface area contributed by atoms with Crippen molar-refractivity contribution >= 4 is 5.78 Å². The molecule has 0 amide bonds. The van der Waals surface area contributed by atoms with Crippen molar-refractivity contribution in [1.82, 2.24) is 10.0 Å². The maximum atomic E-state index is 13.8. The van der Waals surface area contributed by atoms with E-state index in [1.165, 1.54) is 77.0 Å². The minimum Gasteiger partial charge on any atom is -0.384 e. The molecule has 1 aliphatic heterocycles. The number of methoxy groups -OCH3 is 1. The van der Waals surface area contributed by atoms with Gasteiger partial charge in [0.25, 0.3) is 0 Å². The van der Waals surface area contributed by atoms with Crippen LogP contribution >= 0.6 is 0 Å². The lowest BCUT2D eigenvalue weighted by molar-refractivity contribution is -0.155. The smallest absolute Gasteiger partial charge is 0.151 e. The van der Waals surface area contributed by atoms with Gasteiger partial charge in [0.1, 0.15) is 0 Å². The molecular weight excluding hydrogens is 432 g/mol. The number of Topliss-reactive ketones (excluding diaryl/α,β-unsaturated/α-hetero) is 1. The molecule has 0 radical (unpaired) electrons. The Bertz CT molecular complexity index is 741. The van der Waals surface area contributed by atoms with E-state index in [2.05, 4.69) is 30.8 Å². The van der Waals surface area contributed by atoms with Crippen molar-refractivity contribution in [2.75, 3.05) is 39.9 Å². The fourth-order valence-corrected chi connectivity index (χ4v) is 10.3. The molecule has 0 aromatic heterocycles. The Hall–Kier alpha value is -0.450. The summed E-state index contributed by atoms with van der Waals surface area (Å²) >= 11 is 0. The molecule has 4 saturated carbocycles. The van der Waals surface area contributed by atoms with Gasteiger partial charge in [0.05, 0.1) is 13.2 Å². The molecule has 1 saturated heterocycles. The van der Waals surface area contributed by atoms with Gasteiger partial charge >= 0.3 is 0 Å². The molecule has 8 atom stereocenters. The van der Waals surface area contributed by atoms with Crippen LogP contribution in [0.15, 0.2) is 0 Å². The van der Waals surface area contributed by atoms with Gasteiger partial charge in [-0.25, -0.2) is 10.0 Å². The molecule has 5 fully saturated rings. The summed E-state index contributed by atoms with van der Waals surface area (Å²) in [7, 11) is 1.94. The van der Waals surface area contributed by atoms with E-state index in [1.54, 1.807) is 0 Å². The zero-order valence-electron chi connectivity index (χ0n) is 23.4. The molecule has 4 nitrogen and oxygen atoms in total. The van der Waals surface area contributed by atoms with Crippen LogP contribution in [0.5, 0.6) is 0 Å². The second-order valence-electron chi connectivity index (χ2n) is 13.7. The van der Waals surface area contributed by atoms with E-state index < -0.39 is 0 Å². The molecule has 1 unspecified atom stereocenters. The van der Waals surface area contributed by atoms with Crippen LogP contribution in [0.2, 0.25) is 0 Å². The number of carbonyl (C=O) groups excluding carboxylic acids is 1. The third kappa shape index (κ3) is 4.67. The van der Waals surface area contributed by atoms with Crippen molar-refractivity contribution in [3.63, 3.8) is 0 Å². The van der Waals surface area contributed by atoms with Gasteiger partial charge in [-0.3, -0.25) is 4.79 Å². The predicted octanol–water partition coefficient (Wildman–Crippen LogP) is 6.59. The average Bonchev–Trinajstić information content (AvgIpc) is 3.43. The summed E-state index contributed by atoms with van der Waals surface area (Å²) in [5, 5.41) is 4.92. The van der Waals surface area contributed by atoms with Gasteiger partial charge in [-0.2, -0.15) is 0 Å². The predicted molar refractivity (Wildman–Crippen MR) is 143 cm³/mol. The largest absolute Gasteiger partial charge is 0.384 e. The summed E-state index contributed by atoms with van der Waals surface area (Å²) in [6.07, 6.45) is 17.1. The summed E-state index contributed by atoms with van der Waals surface area (Å²) < 4.78 is 5.98. The van der Waals surface area contributed by atoms with E-state index in [0.29, 0.717) is 17.7 Å². The first-order valence-corrected chi connectivity index (χ1v) is 15.4. The van der Waals surface area contributed by atoms with Gasteiger partial charge in [-0.1, -0.05) is 40.0 Å². The Morgan fingerprint density at radius 3 is 2.60 bits per heavy atom. The highest BCUT2D eigenvalue weighted by atomic mass is 16.5. The van der Waals surface area contributed by atoms with Crippen LogP contribution in [0.3, 0.4) is 0 Å². The van der Waals surface area contributed by atoms with Gasteiger partial charge in [0, 0.05) is 32.7 Å². The Labute approximate surface area is 215 Å². The molecule has 0 N–H and O–H groups in total. The Kier molecular flexibility index (Phi) is 8.02. The van der Waals surface area contributed by atoms with Crippen LogP contribution in [-0.4, -0.2) is 55.7 Å². The maximum Gasteiger partial charge on any atom is 0.151 e. The minimum atomic E-state index is 0.230. The number of hydrazine groups is 1. The molecular formula is C31H54N2O2. The summed E-state index contributed by atoms with van der Waals surface area (Å²) in [6.45, 7) is 12.3. The van der Waals surface area contributed by atoms with E-state index in [0.717, 1.165) is 62.3 Å². The van der Waals surface area contributed by atoms with E-state index in [1.807, 2.05) is 7.11 Å². The van der Waals surface area contributed by atoms with Crippen molar-refractivity contribution in [3.8, 4) is 0 Å². The van der Waals surface area contributed by atoms with Crippen LogP contribution in [0.4, 0.5) is 0 Å². The number of hydrogen-bond acceptors (Lipinski definition) is 4. The molecule has 4 heteroatoms. The van der Waals surface area contributed by atoms with Gasteiger partial charge in [0.15, 0.2) is 5.78 Å². The lowest BCUT2D eigenvalue weighted by Gasteiger charge is -2.62. The van der Waals surface area contributed by atoms with Crippen molar-refractivity contribution < 1.29 is 9.53 Å². The third-order valence-corrected chi connectivity index (χ3v) is 12.0. The molecule has 0 bridgehead atoms. The van der Waals surface area contributed by atoms with E-state index in [4.69, 9.17) is 4.74 Å². The SMILES string of the molecule is CCCCCN1CCCN1CC(=O)[C@H]1CC[C@H]2[C@@H]3CC[C@H]4C[C@@H](C)CC[C@]4(COC)C3CC[C@]12C. The molecule has 0 aromatic rings. The van der Waals surface area contributed by atoms with Crippen molar-refractivity contribution in [2.45, 2.75) is 104 Å². The lowest BCUT2D eigenvalue weighted by Crippen LogP contribution is -2.56. The normalized spacial score (nSPS) is 44.1. The standard InChI is InChI=1S/C31H54N2O2/c1-5-6-7-17-32-18-8-19-33(32)21-29(34)28-12-11-26-25-10-9-24-20-23(2)13-16-31(24,22-35-4)27(25)14-15-30(26,28)3/h23-28H,5-22H2,1-4H3/t23-,24-,25-,26-,27?,28+,30-,31+/m0/s1. The van der Waals surface area contributed by atoms with Crippen LogP contribution in [0, 0.1) is 46.3 Å². The molecule has 5 rings (SSSR count). The first kappa shape index (κ1) is 26.2. The quantitative estimate of drug-likeness (QED) is 0.344. The number of ether oxygens (including phenoxy) is 1. The van der Waals surface area contributed by atoms with Crippen molar-refractivity contribution in [2.24, 2.45) is 46.3 Å².